The highest BCUT2D eigenvalue weighted by molar-refractivity contribution is 7.99. The maximum Gasteiger partial charge on any atom is 0.319 e. The van der Waals surface area contributed by atoms with Crippen molar-refractivity contribution in [2.75, 3.05) is 5.75 Å². The number of benzene rings is 2. The Morgan fingerprint density at radius 2 is 1.79 bits per heavy atom. The fourth-order valence-electron chi connectivity index (χ4n) is 2.74. The molecule has 0 aromatic heterocycles. The van der Waals surface area contributed by atoms with Gasteiger partial charge in [0, 0.05) is 6.54 Å². The van der Waals surface area contributed by atoms with Crippen molar-refractivity contribution >= 4 is 17.8 Å². The Kier molecular flexibility index (Phi) is 5.39. The lowest BCUT2D eigenvalue weighted by Gasteiger charge is -2.32. The first-order chi connectivity index (χ1) is 11.8. The first-order valence-electron chi connectivity index (χ1n) is 7.95. The highest BCUT2D eigenvalue weighted by atomic mass is 32.2. The lowest BCUT2D eigenvalue weighted by molar-refractivity contribution is 0.180. The molecule has 0 radical (unpaired) electrons. The minimum Gasteiger partial charge on any atom is -0.322 e. The number of amides is 2. The molecular formula is C19H19N3OS. The molecule has 2 unspecified atom stereocenters. The maximum absolute atomic E-state index is 12.8. The Hall–Kier alpha value is -2.45. The summed E-state index contributed by atoms with van der Waals surface area (Å²) in [6, 6.07) is 21.4. The van der Waals surface area contributed by atoms with Gasteiger partial charge in [-0.2, -0.15) is 5.26 Å². The third kappa shape index (κ3) is 3.90. The second-order valence-corrected chi connectivity index (χ2v) is 6.87. The van der Waals surface area contributed by atoms with Gasteiger partial charge in [-0.1, -0.05) is 60.7 Å². The number of urea groups is 1. The zero-order valence-corrected chi connectivity index (χ0v) is 14.1. The average Bonchev–Trinajstić information content (AvgIpc) is 2.63. The Morgan fingerprint density at radius 3 is 2.46 bits per heavy atom. The monoisotopic (exact) mass is 337 g/mol. The molecule has 0 saturated carbocycles. The summed E-state index contributed by atoms with van der Waals surface area (Å²) in [5, 5.41) is 12.5. The second-order valence-electron chi connectivity index (χ2n) is 5.66. The molecular weight excluding hydrogens is 318 g/mol. The first-order valence-corrected chi connectivity index (χ1v) is 9.00. The molecule has 5 heteroatoms. The second kappa shape index (κ2) is 7.89. The van der Waals surface area contributed by atoms with Crippen LogP contribution in [-0.2, 0) is 6.54 Å². The molecule has 4 nitrogen and oxygen atoms in total. The summed E-state index contributed by atoms with van der Waals surface area (Å²) >= 11 is 1.67. The average molecular weight is 337 g/mol. The molecule has 1 saturated heterocycles. The topological polar surface area (TPSA) is 56.1 Å². The van der Waals surface area contributed by atoms with Gasteiger partial charge in [0.1, 0.15) is 11.4 Å². The molecule has 2 aromatic carbocycles. The van der Waals surface area contributed by atoms with Gasteiger partial charge >= 0.3 is 6.03 Å². The molecule has 1 aliphatic heterocycles. The zero-order chi connectivity index (χ0) is 16.8. The van der Waals surface area contributed by atoms with Gasteiger partial charge in [-0.25, -0.2) is 4.79 Å². The predicted molar refractivity (Wildman–Crippen MR) is 96.2 cm³/mol. The number of thioether (sulfide) groups is 1. The van der Waals surface area contributed by atoms with Crippen molar-refractivity contribution < 1.29 is 4.79 Å². The molecule has 1 aliphatic rings. The third-order valence-corrected chi connectivity index (χ3v) is 5.21. The summed E-state index contributed by atoms with van der Waals surface area (Å²) in [4.78, 5) is 14.4. The molecule has 0 aliphatic carbocycles. The summed E-state index contributed by atoms with van der Waals surface area (Å²) in [6.45, 7) is 0.442. The van der Waals surface area contributed by atoms with E-state index in [2.05, 4.69) is 11.4 Å². The number of hydrogen-bond acceptors (Lipinski definition) is 3. The molecule has 0 bridgehead atoms. The van der Waals surface area contributed by atoms with Crippen molar-refractivity contribution in [2.45, 2.75) is 24.4 Å². The van der Waals surface area contributed by atoms with Crippen LogP contribution < -0.4 is 5.32 Å². The van der Waals surface area contributed by atoms with Crippen LogP contribution in [0.4, 0.5) is 4.79 Å². The smallest absolute Gasteiger partial charge is 0.319 e. The van der Waals surface area contributed by atoms with E-state index in [0.717, 1.165) is 16.9 Å². The number of hydrogen-bond donors (Lipinski definition) is 1. The van der Waals surface area contributed by atoms with Gasteiger partial charge in [-0.15, -0.1) is 11.8 Å². The van der Waals surface area contributed by atoms with Gasteiger partial charge in [-0.05, 0) is 23.3 Å². The van der Waals surface area contributed by atoms with Crippen LogP contribution in [0.3, 0.4) is 0 Å². The van der Waals surface area contributed by atoms with Gasteiger partial charge in [0.05, 0.1) is 6.07 Å². The van der Waals surface area contributed by atoms with Gasteiger partial charge in [0.25, 0.3) is 0 Å². The van der Waals surface area contributed by atoms with Crippen LogP contribution in [0.2, 0.25) is 0 Å². The highest BCUT2D eigenvalue weighted by Crippen LogP contribution is 2.30. The Bertz CT molecular complexity index is 714. The Morgan fingerprint density at radius 1 is 1.12 bits per heavy atom. The SMILES string of the molecule is N#CC1CCSC(c2ccccc2)NC(=O)N1Cc1ccccc1. The van der Waals surface area contributed by atoms with Crippen LogP contribution in [0, 0.1) is 11.3 Å². The van der Waals surface area contributed by atoms with Crippen LogP contribution in [0.15, 0.2) is 60.7 Å². The molecule has 3 rings (SSSR count). The number of nitrogens with one attached hydrogen (secondary N) is 1. The van der Waals surface area contributed by atoms with E-state index in [1.807, 2.05) is 60.7 Å². The van der Waals surface area contributed by atoms with Gasteiger partial charge in [-0.3, -0.25) is 0 Å². The molecule has 1 heterocycles. The van der Waals surface area contributed by atoms with E-state index < -0.39 is 6.04 Å². The van der Waals surface area contributed by atoms with E-state index in [1.165, 1.54) is 0 Å². The normalized spacial score (nSPS) is 21.3. The van der Waals surface area contributed by atoms with Crippen molar-refractivity contribution in [1.29, 1.82) is 5.26 Å². The van der Waals surface area contributed by atoms with Crippen LogP contribution in [0.5, 0.6) is 0 Å². The first kappa shape index (κ1) is 16.4. The maximum atomic E-state index is 12.8. The fraction of sp³-hybridized carbons (Fsp3) is 0.263. The third-order valence-electron chi connectivity index (χ3n) is 4.01. The van der Waals surface area contributed by atoms with Gasteiger partial charge in [0.2, 0.25) is 0 Å². The van der Waals surface area contributed by atoms with E-state index in [9.17, 15) is 10.1 Å². The molecule has 2 atom stereocenters. The van der Waals surface area contributed by atoms with Gasteiger partial charge in [0.15, 0.2) is 0 Å². The lowest BCUT2D eigenvalue weighted by atomic mass is 10.1. The van der Waals surface area contributed by atoms with Crippen LogP contribution >= 0.6 is 11.8 Å². The van der Waals surface area contributed by atoms with Crippen molar-refractivity contribution in [3.63, 3.8) is 0 Å². The number of rotatable bonds is 3. The summed E-state index contributed by atoms with van der Waals surface area (Å²) in [7, 11) is 0. The molecule has 1 fully saturated rings. The number of carbonyl (C=O) groups is 1. The number of nitrogens with zero attached hydrogens (tertiary/aromatic N) is 2. The molecule has 24 heavy (non-hydrogen) atoms. The van der Waals surface area contributed by atoms with Crippen LogP contribution in [0.1, 0.15) is 22.9 Å². The molecule has 2 amide bonds. The predicted octanol–water partition coefficient (Wildman–Crippen LogP) is 3.93. The lowest BCUT2D eigenvalue weighted by Crippen LogP contribution is -2.47. The van der Waals surface area contributed by atoms with Crippen molar-refractivity contribution in [1.82, 2.24) is 10.2 Å². The number of nitriles is 1. The molecule has 0 spiro atoms. The van der Waals surface area contributed by atoms with E-state index in [0.29, 0.717) is 13.0 Å². The van der Waals surface area contributed by atoms with E-state index in [1.54, 1.807) is 16.7 Å². The Balaban J connectivity index is 1.80. The van der Waals surface area contributed by atoms with Crippen LogP contribution in [0.25, 0.3) is 0 Å². The summed E-state index contributed by atoms with van der Waals surface area (Å²) < 4.78 is 0. The van der Waals surface area contributed by atoms with E-state index in [4.69, 9.17) is 0 Å². The van der Waals surface area contributed by atoms with E-state index >= 15 is 0 Å². The highest BCUT2D eigenvalue weighted by Gasteiger charge is 2.29. The quantitative estimate of drug-likeness (QED) is 0.923. The molecule has 2 aromatic rings. The summed E-state index contributed by atoms with van der Waals surface area (Å²) in [6.07, 6.45) is 0.671. The Labute approximate surface area is 146 Å². The minimum atomic E-state index is -0.408. The minimum absolute atomic E-state index is 0.0865. The van der Waals surface area contributed by atoms with Gasteiger partial charge < -0.3 is 10.2 Å². The van der Waals surface area contributed by atoms with E-state index in [-0.39, 0.29) is 11.4 Å². The summed E-state index contributed by atoms with van der Waals surface area (Å²) in [5.41, 5.74) is 2.10. The molecule has 122 valence electrons. The fourth-order valence-corrected chi connectivity index (χ4v) is 3.86. The molecule has 1 N–H and O–H groups in total. The summed E-state index contributed by atoms with van der Waals surface area (Å²) in [5.74, 6) is 0.823. The largest absolute Gasteiger partial charge is 0.322 e. The van der Waals surface area contributed by atoms with Crippen molar-refractivity contribution in [2.24, 2.45) is 0 Å². The van der Waals surface area contributed by atoms with Crippen molar-refractivity contribution in [3.05, 3.63) is 71.8 Å². The zero-order valence-electron chi connectivity index (χ0n) is 13.3. The van der Waals surface area contributed by atoms with Crippen LogP contribution in [-0.4, -0.2) is 22.7 Å². The number of carbonyl (C=O) groups excluding carboxylic acids is 1. The standard InChI is InChI=1S/C19H19N3OS/c20-13-17-11-12-24-18(16-9-5-2-6-10-16)21-19(23)22(17)14-15-7-3-1-4-8-15/h1-10,17-18H,11-12,14H2,(H,21,23). The van der Waals surface area contributed by atoms with Crippen molar-refractivity contribution in [3.8, 4) is 6.07 Å².